The Morgan fingerprint density at radius 3 is 0.956 bits per heavy atom. The van der Waals surface area contributed by atoms with Crippen LogP contribution in [0.3, 0.4) is 0 Å². The predicted molar refractivity (Wildman–Crippen MR) is 354 cm³/mol. The number of thiazole rings is 3. The van der Waals surface area contributed by atoms with Gasteiger partial charge in [0.25, 0.3) is 0 Å². The van der Waals surface area contributed by atoms with Gasteiger partial charge in [-0.3, -0.25) is 15.0 Å². The van der Waals surface area contributed by atoms with E-state index in [-0.39, 0.29) is 73.3 Å². The van der Waals surface area contributed by atoms with E-state index in [4.69, 9.17) is 29.2 Å². The number of halogens is 6. The van der Waals surface area contributed by atoms with Crippen molar-refractivity contribution in [3.63, 3.8) is 0 Å². The van der Waals surface area contributed by atoms with Crippen LogP contribution in [0.4, 0.5) is 13.2 Å². The third kappa shape index (κ3) is 14.0. The van der Waals surface area contributed by atoms with Crippen molar-refractivity contribution in [1.82, 2.24) is 44.4 Å². The molecule has 0 spiro atoms. The van der Waals surface area contributed by atoms with Gasteiger partial charge in [-0.05, 0) is 116 Å². The number of hydrogen-bond donors (Lipinski definition) is 0. The summed E-state index contributed by atoms with van der Waals surface area (Å²) in [5.74, 6) is -0.0285. The Kier molecular flexibility index (Phi) is 21.5. The SMILES string of the molecule is CCOC(=O)C1=C2CC(N(C)C)CN2C(c2nccs2)=N[C@H]1c1ccc(F)cc1Br.CCOC(=O)C1=C2C[C@@H](N(C)C)CN2C(c2nccs2)=N[C@H]1c1ccc(F)cc1Br.CCOC(=O)C1=C2C[C@H](N(C)C)CN2C(c2nccs2)=N[C@H]1c1ccc(F)cc1Br. The molecule has 0 saturated carbocycles. The smallest absolute Gasteiger partial charge is 0.338 e. The van der Waals surface area contributed by atoms with E-state index in [1.54, 1.807) is 57.6 Å². The van der Waals surface area contributed by atoms with Crippen LogP contribution in [0, 0.1) is 17.5 Å². The molecule has 12 rings (SSSR count). The molecule has 0 radical (unpaired) electrons. The highest BCUT2D eigenvalue weighted by Crippen LogP contribution is 2.47. The average molecular weight is 1480 g/mol. The van der Waals surface area contributed by atoms with E-state index in [2.05, 4.69) is 92.1 Å². The maximum Gasteiger partial charge on any atom is 0.338 e. The van der Waals surface area contributed by atoms with Gasteiger partial charge in [-0.1, -0.05) is 66.0 Å². The van der Waals surface area contributed by atoms with E-state index in [1.807, 2.05) is 58.4 Å². The van der Waals surface area contributed by atoms with Gasteiger partial charge in [0, 0.05) is 122 Å². The Hall–Kier alpha value is -6.30. The van der Waals surface area contributed by atoms with Gasteiger partial charge in [-0.25, -0.2) is 42.5 Å². The van der Waals surface area contributed by atoms with Gasteiger partial charge in [0.05, 0.1) is 36.5 Å². The fraction of sp³-hybridized carbons (Fsp3) is 0.381. The highest BCUT2D eigenvalue weighted by Gasteiger charge is 2.46. The molecule has 3 fully saturated rings. The Bertz CT molecular complexity index is 3460. The second-order valence-electron chi connectivity index (χ2n) is 22.1. The van der Waals surface area contributed by atoms with Gasteiger partial charge in [0.15, 0.2) is 32.5 Å². The molecular formula is C63H66Br3F3N12O6S3. The highest BCUT2D eigenvalue weighted by molar-refractivity contribution is 9.11. The Morgan fingerprint density at radius 1 is 0.478 bits per heavy atom. The molecule has 6 aliphatic rings. The lowest BCUT2D eigenvalue weighted by atomic mass is 9.94. The molecule has 27 heteroatoms. The molecule has 1 unspecified atom stereocenters. The van der Waals surface area contributed by atoms with Crippen molar-refractivity contribution >= 4 is 117 Å². The van der Waals surface area contributed by atoms with Crippen LogP contribution in [-0.2, 0) is 28.6 Å². The summed E-state index contributed by atoms with van der Waals surface area (Å²) in [6.45, 7) is 8.30. The molecule has 6 aliphatic heterocycles. The molecule has 6 aromatic rings. The molecular weight excluding hydrogens is 1410 g/mol. The summed E-state index contributed by atoms with van der Waals surface area (Å²) in [7, 11) is 12.2. The first kappa shape index (κ1) is 66.6. The number of carbonyl (C=O) groups excluding carboxylic acids is 3. The van der Waals surface area contributed by atoms with Gasteiger partial charge in [-0.15, -0.1) is 34.0 Å². The number of hydrogen-bond acceptors (Lipinski definition) is 21. The zero-order valence-electron chi connectivity index (χ0n) is 50.8. The van der Waals surface area contributed by atoms with Gasteiger partial charge in [0.2, 0.25) is 0 Å². The van der Waals surface area contributed by atoms with Crippen LogP contribution in [0.25, 0.3) is 0 Å². The number of aliphatic imine (C=N–C) groups is 3. The zero-order chi connectivity index (χ0) is 64.2. The van der Waals surface area contributed by atoms with Crippen LogP contribution in [0.2, 0.25) is 0 Å². The molecule has 0 N–H and O–H groups in total. The van der Waals surface area contributed by atoms with E-state index in [9.17, 15) is 27.6 Å². The van der Waals surface area contributed by atoms with Crippen LogP contribution >= 0.6 is 81.8 Å². The molecule has 0 aliphatic carbocycles. The minimum absolute atomic E-state index is 0.227. The first-order valence-electron chi connectivity index (χ1n) is 29.0. The molecule has 3 saturated heterocycles. The second-order valence-corrected chi connectivity index (χ2v) is 27.4. The largest absolute Gasteiger partial charge is 0.463 e. The lowest BCUT2D eigenvalue weighted by molar-refractivity contribution is -0.140. The van der Waals surface area contributed by atoms with Crippen LogP contribution in [-0.4, -0.2) is 180 Å². The third-order valence-corrected chi connectivity index (χ3v) is 20.4. The van der Waals surface area contributed by atoms with E-state index in [1.165, 1.54) is 70.4 Å². The van der Waals surface area contributed by atoms with Crippen LogP contribution in [0.5, 0.6) is 0 Å². The summed E-state index contributed by atoms with van der Waals surface area (Å²) in [5.41, 5.74) is 6.36. The van der Waals surface area contributed by atoms with Crippen LogP contribution in [0.1, 0.15) is 89.9 Å². The number of amidine groups is 3. The number of ether oxygens (including phenoxy) is 3. The maximum atomic E-state index is 13.8. The number of benzene rings is 3. The summed E-state index contributed by atoms with van der Waals surface area (Å²) in [4.78, 5) is 80.2. The topological polar surface area (TPSA) is 174 Å². The molecule has 90 heavy (non-hydrogen) atoms. The van der Waals surface area contributed by atoms with E-state index >= 15 is 0 Å². The van der Waals surface area contributed by atoms with Gasteiger partial charge in [-0.2, -0.15) is 0 Å². The zero-order valence-corrected chi connectivity index (χ0v) is 58.0. The quantitative estimate of drug-likeness (QED) is 0.0701. The van der Waals surface area contributed by atoms with Crippen molar-refractivity contribution in [2.75, 3.05) is 81.7 Å². The fourth-order valence-corrected chi connectivity index (χ4v) is 15.1. The minimum Gasteiger partial charge on any atom is -0.463 e. The molecule has 0 amide bonds. The summed E-state index contributed by atoms with van der Waals surface area (Å²) in [6, 6.07) is 12.2. The predicted octanol–water partition coefficient (Wildman–Crippen LogP) is 12.0. The number of carbonyl (C=O) groups is 3. The normalized spacial score (nSPS) is 21.1. The van der Waals surface area contributed by atoms with Crippen molar-refractivity contribution in [3.8, 4) is 0 Å². The maximum absolute atomic E-state index is 13.8. The first-order chi connectivity index (χ1) is 43.2. The third-order valence-electron chi connectivity index (χ3n) is 16.0. The number of nitrogens with zero attached hydrogens (tertiary/aromatic N) is 12. The standard InChI is InChI=1S/3C21H22BrFN4O2S/c3*1-4-29-21(28)17-16-10-13(26(2)3)11-27(16)19(20-24-7-8-30-20)25-18(17)14-6-5-12(23)9-15(14)22/h3*5-9,13,18H,4,10-11H2,1-3H3/t13?,18-;13-,18+;13-,18-/m010/s1. The van der Waals surface area contributed by atoms with Gasteiger partial charge in [0.1, 0.15) is 35.6 Å². The number of rotatable bonds is 15. The molecule has 3 aromatic carbocycles. The van der Waals surface area contributed by atoms with Gasteiger partial charge >= 0.3 is 17.9 Å². The lowest BCUT2D eigenvalue weighted by Gasteiger charge is -2.32. The summed E-state index contributed by atoms with van der Waals surface area (Å²) in [5, 5.41) is 8.09. The highest BCUT2D eigenvalue weighted by atomic mass is 79.9. The first-order valence-corrected chi connectivity index (χ1v) is 34.0. The second kappa shape index (κ2) is 29.1. The molecule has 18 nitrogen and oxygen atoms in total. The van der Waals surface area contributed by atoms with E-state index in [0.717, 1.165) is 49.6 Å². The Morgan fingerprint density at radius 2 is 0.744 bits per heavy atom. The molecule has 6 atom stereocenters. The van der Waals surface area contributed by atoms with Crippen LogP contribution in [0.15, 0.2) is 152 Å². The van der Waals surface area contributed by atoms with E-state index < -0.39 is 18.1 Å². The molecule has 0 bridgehead atoms. The average Bonchev–Trinajstić information content (AvgIpc) is 1.53. The lowest BCUT2D eigenvalue weighted by Crippen LogP contribution is -2.37. The molecule has 9 heterocycles. The monoisotopic (exact) mass is 1480 g/mol. The minimum atomic E-state index is -0.606. The van der Waals surface area contributed by atoms with E-state index in [0.29, 0.717) is 85.7 Å². The summed E-state index contributed by atoms with van der Waals surface area (Å²) >= 11 is 14.9. The van der Waals surface area contributed by atoms with Crippen LogP contribution < -0.4 is 0 Å². The molecule has 3 aromatic heterocycles. The van der Waals surface area contributed by atoms with Crippen molar-refractivity contribution in [1.29, 1.82) is 0 Å². The Balaban J connectivity index is 0.000000148. The van der Waals surface area contributed by atoms with Crippen molar-refractivity contribution in [2.45, 2.75) is 76.3 Å². The molecule has 474 valence electrons. The van der Waals surface area contributed by atoms with Crippen molar-refractivity contribution < 1.29 is 41.8 Å². The van der Waals surface area contributed by atoms with Crippen molar-refractivity contribution in [2.24, 2.45) is 15.0 Å². The number of likely N-dealkylation sites (N-methyl/N-ethyl adjacent to an activating group) is 3. The summed E-state index contributed by atoms with van der Waals surface area (Å²) in [6.07, 6.45) is 7.32. The van der Waals surface area contributed by atoms with Crippen molar-refractivity contribution in [3.05, 3.63) is 186 Å². The number of fused-ring (bicyclic) bond motifs is 3. The Labute approximate surface area is 558 Å². The van der Waals surface area contributed by atoms with Gasteiger partial charge < -0.3 is 43.6 Å². The number of aromatic nitrogens is 3. The fourth-order valence-electron chi connectivity index (χ4n) is 11.5. The summed E-state index contributed by atoms with van der Waals surface area (Å²) < 4.78 is 59.2. The number of esters is 3.